The van der Waals surface area contributed by atoms with E-state index >= 15 is 0 Å². The Balaban J connectivity index is 2.14. The highest BCUT2D eigenvalue weighted by atomic mass is 32.2. The molecule has 0 saturated heterocycles. The van der Waals surface area contributed by atoms with Gasteiger partial charge in [-0.05, 0) is 12.1 Å². The second-order valence-corrected chi connectivity index (χ2v) is 6.03. The fourth-order valence-electron chi connectivity index (χ4n) is 1.26. The molecular weight excluding hydrogens is 224 g/mol. The molecule has 0 atom stereocenters. The van der Waals surface area contributed by atoms with Gasteiger partial charge in [0.2, 0.25) is 0 Å². The zero-order chi connectivity index (χ0) is 11.9. The second-order valence-electron chi connectivity index (χ2n) is 3.56. The minimum Gasteiger partial charge on any atom is -0.315 e. The van der Waals surface area contributed by atoms with Crippen molar-refractivity contribution in [2.24, 2.45) is 0 Å². The Hall–Kier alpha value is -0.940. The van der Waals surface area contributed by atoms with Gasteiger partial charge in [0.15, 0.2) is 9.84 Å². The van der Waals surface area contributed by atoms with Crippen molar-refractivity contribution >= 4 is 9.84 Å². The first kappa shape index (κ1) is 13.1. The number of rotatable bonds is 7. The quantitative estimate of drug-likeness (QED) is 0.713. The molecule has 4 nitrogen and oxygen atoms in total. The molecule has 1 aromatic heterocycles. The fraction of sp³-hybridized carbons (Fsp3) is 0.545. The van der Waals surface area contributed by atoms with Gasteiger partial charge in [-0.1, -0.05) is 13.0 Å². The van der Waals surface area contributed by atoms with E-state index in [4.69, 9.17) is 0 Å². The second kappa shape index (κ2) is 6.60. The molecule has 1 heterocycles. The van der Waals surface area contributed by atoms with E-state index in [1.807, 2.05) is 18.2 Å². The van der Waals surface area contributed by atoms with E-state index in [1.54, 1.807) is 13.1 Å². The molecule has 1 aromatic rings. The summed E-state index contributed by atoms with van der Waals surface area (Å²) in [6.45, 7) is 2.95. The van der Waals surface area contributed by atoms with Gasteiger partial charge in [-0.2, -0.15) is 0 Å². The Morgan fingerprint density at radius 2 is 2.12 bits per heavy atom. The third-order valence-electron chi connectivity index (χ3n) is 2.31. The van der Waals surface area contributed by atoms with E-state index in [0.717, 1.165) is 18.7 Å². The number of sulfone groups is 1. The summed E-state index contributed by atoms with van der Waals surface area (Å²) in [7, 11) is -2.84. The smallest absolute Gasteiger partial charge is 0.151 e. The van der Waals surface area contributed by atoms with Crippen LogP contribution in [0.2, 0.25) is 0 Å². The normalized spacial score (nSPS) is 11.6. The number of aromatic nitrogens is 1. The van der Waals surface area contributed by atoms with E-state index in [2.05, 4.69) is 10.3 Å². The van der Waals surface area contributed by atoms with Crippen molar-refractivity contribution < 1.29 is 8.42 Å². The summed E-state index contributed by atoms with van der Waals surface area (Å²) >= 11 is 0. The Morgan fingerprint density at radius 1 is 1.31 bits per heavy atom. The number of pyridine rings is 1. The summed E-state index contributed by atoms with van der Waals surface area (Å²) in [5, 5.41) is 3.11. The molecule has 0 fully saturated rings. The molecule has 5 heteroatoms. The van der Waals surface area contributed by atoms with Crippen molar-refractivity contribution in [2.45, 2.75) is 13.3 Å². The number of nitrogens with one attached hydrogen (secondary N) is 1. The number of hydrogen-bond acceptors (Lipinski definition) is 4. The van der Waals surface area contributed by atoms with Gasteiger partial charge in [0.25, 0.3) is 0 Å². The van der Waals surface area contributed by atoms with Gasteiger partial charge in [-0.3, -0.25) is 4.98 Å². The van der Waals surface area contributed by atoms with Crippen molar-refractivity contribution in [2.75, 3.05) is 24.6 Å². The zero-order valence-corrected chi connectivity index (χ0v) is 10.3. The summed E-state index contributed by atoms with van der Waals surface area (Å²) in [4.78, 5) is 4.18. The van der Waals surface area contributed by atoms with Gasteiger partial charge in [0.1, 0.15) is 0 Å². The summed E-state index contributed by atoms with van der Waals surface area (Å²) in [5.41, 5.74) is 1.02. The number of hydrogen-bond donors (Lipinski definition) is 1. The summed E-state index contributed by atoms with van der Waals surface area (Å²) in [5.74, 6) is 0.431. The van der Waals surface area contributed by atoms with Gasteiger partial charge in [0.05, 0.1) is 5.75 Å². The Labute approximate surface area is 97.0 Å². The van der Waals surface area contributed by atoms with E-state index in [0.29, 0.717) is 6.54 Å². The maximum absolute atomic E-state index is 11.2. The third kappa shape index (κ3) is 5.23. The fourth-order valence-corrected chi connectivity index (χ4v) is 2.00. The predicted octanol–water partition coefficient (Wildman–Crippen LogP) is 0.648. The van der Waals surface area contributed by atoms with Crippen LogP contribution in [-0.4, -0.2) is 38.0 Å². The first-order chi connectivity index (χ1) is 7.64. The molecule has 1 N–H and O–H groups in total. The van der Waals surface area contributed by atoms with Gasteiger partial charge in [0, 0.05) is 37.2 Å². The van der Waals surface area contributed by atoms with E-state index in [9.17, 15) is 8.42 Å². The van der Waals surface area contributed by atoms with Crippen LogP contribution in [0.3, 0.4) is 0 Å². The zero-order valence-electron chi connectivity index (χ0n) is 9.52. The van der Waals surface area contributed by atoms with Gasteiger partial charge < -0.3 is 5.32 Å². The van der Waals surface area contributed by atoms with Crippen molar-refractivity contribution in [3.8, 4) is 0 Å². The molecule has 0 aromatic carbocycles. The lowest BCUT2D eigenvalue weighted by Gasteiger charge is -2.04. The van der Waals surface area contributed by atoms with Crippen LogP contribution >= 0.6 is 0 Å². The Morgan fingerprint density at radius 3 is 2.75 bits per heavy atom. The SMILES string of the molecule is CCS(=O)(=O)CCNCCc1ccccn1. The first-order valence-electron chi connectivity index (χ1n) is 5.45. The van der Waals surface area contributed by atoms with Crippen LogP contribution < -0.4 is 5.32 Å². The molecule has 0 bridgehead atoms. The molecule has 16 heavy (non-hydrogen) atoms. The molecule has 0 aliphatic carbocycles. The van der Waals surface area contributed by atoms with Crippen molar-refractivity contribution in [3.05, 3.63) is 30.1 Å². The van der Waals surface area contributed by atoms with Crippen LogP contribution in [0.15, 0.2) is 24.4 Å². The summed E-state index contributed by atoms with van der Waals surface area (Å²) < 4.78 is 22.4. The molecule has 1 rings (SSSR count). The standard InChI is InChI=1S/C11H18N2O2S/c1-2-16(14,15)10-9-12-8-6-11-5-3-4-7-13-11/h3-5,7,12H,2,6,8-10H2,1H3. The average Bonchev–Trinajstić information content (AvgIpc) is 2.30. The molecule has 0 unspecified atom stereocenters. The molecule has 0 saturated carbocycles. The molecule has 0 radical (unpaired) electrons. The Bertz CT molecular complexity index is 390. The monoisotopic (exact) mass is 242 g/mol. The van der Waals surface area contributed by atoms with E-state index < -0.39 is 9.84 Å². The average molecular weight is 242 g/mol. The topological polar surface area (TPSA) is 59.1 Å². The van der Waals surface area contributed by atoms with Crippen molar-refractivity contribution in [3.63, 3.8) is 0 Å². The maximum atomic E-state index is 11.2. The van der Waals surface area contributed by atoms with Crippen molar-refractivity contribution in [1.82, 2.24) is 10.3 Å². The Kier molecular flexibility index (Phi) is 5.42. The lowest BCUT2D eigenvalue weighted by molar-refractivity contribution is 0.592. The molecule has 0 amide bonds. The molecule has 0 spiro atoms. The van der Waals surface area contributed by atoms with Gasteiger partial charge in [-0.15, -0.1) is 0 Å². The number of nitrogens with zero attached hydrogens (tertiary/aromatic N) is 1. The van der Waals surface area contributed by atoms with Gasteiger partial charge in [-0.25, -0.2) is 8.42 Å². The van der Waals surface area contributed by atoms with Crippen molar-refractivity contribution in [1.29, 1.82) is 0 Å². The molecule has 0 aliphatic rings. The van der Waals surface area contributed by atoms with Crippen LogP contribution in [0.25, 0.3) is 0 Å². The minimum absolute atomic E-state index is 0.214. The minimum atomic E-state index is -2.84. The first-order valence-corrected chi connectivity index (χ1v) is 7.27. The predicted molar refractivity (Wildman–Crippen MR) is 65.1 cm³/mol. The lowest BCUT2D eigenvalue weighted by Crippen LogP contribution is -2.25. The lowest BCUT2D eigenvalue weighted by atomic mass is 10.3. The van der Waals surface area contributed by atoms with Crippen LogP contribution in [0.4, 0.5) is 0 Å². The molecule has 90 valence electrons. The molecular formula is C11H18N2O2S. The highest BCUT2D eigenvalue weighted by molar-refractivity contribution is 7.91. The van der Waals surface area contributed by atoms with Crippen LogP contribution in [-0.2, 0) is 16.3 Å². The highest BCUT2D eigenvalue weighted by Crippen LogP contribution is 1.93. The van der Waals surface area contributed by atoms with Gasteiger partial charge >= 0.3 is 0 Å². The van der Waals surface area contributed by atoms with Crippen LogP contribution in [0.1, 0.15) is 12.6 Å². The van der Waals surface area contributed by atoms with Crippen LogP contribution in [0.5, 0.6) is 0 Å². The summed E-state index contributed by atoms with van der Waals surface area (Å²) in [6.07, 6.45) is 2.59. The highest BCUT2D eigenvalue weighted by Gasteiger charge is 2.05. The van der Waals surface area contributed by atoms with E-state index in [-0.39, 0.29) is 11.5 Å². The molecule has 0 aliphatic heterocycles. The summed E-state index contributed by atoms with van der Waals surface area (Å²) in [6, 6.07) is 5.79. The van der Waals surface area contributed by atoms with Crippen LogP contribution in [0, 0.1) is 0 Å². The largest absolute Gasteiger partial charge is 0.315 e. The third-order valence-corrected chi connectivity index (χ3v) is 4.02. The van der Waals surface area contributed by atoms with E-state index in [1.165, 1.54) is 0 Å². The maximum Gasteiger partial charge on any atom is 0.151 e.